The predicted octanol–water partition coefficient (Wildman–Crippen LogP) is 3.61. The van der Waals surface area contributed by atoms with Crippen molar-refractivity contribution in [3.63, 3.8) is 0 Å². The van der Waals surface area contributed by atoms with Crippen molar-refractivity contribution in [2.45, 2.75) is 48.4 Å². The molecule has 2 fully saturated rings. The molecule has 0 aliphatic carbocycles. The summed E-state index contributed by atoms with van der Waals surface area (Å²) in [5.74, 6) is -2.63. The molecule has 2 aliphatic heterocycles. The van der Waals surface area contributed by atoms with Gasteiger partial charge in [0, 0.05) is 29.7 Å². The lowest BCUT2D eigenvalue weighted by Crippen LogP contribution is -2.57. The summed E-state index contributed by atoms with van der Waals surface area (Å²) in [6.45, 7) is 4.35. The Bertz CT molecular complexity index is 1040. The van der Waals surface area contributed by atoms with Crippen molar-refractivity contribution in [2.24, 2.45) is 11.8 Å². The van der Waals surface area contributed by atoms with E-state index in [1.165, 1.54) is 19.1 Å². The molecule has 2 saturated heterocycles. The van der Waals surface area contributed by atoms with Crippen LogP contribution < -0.4 is 5.32 Å². The molecule has 2 aliphatic rings. The highest BCUT2D eigenvalue weighted by molar-refractivity contribution is 7.99. The van der Waals surface area contributed by atoms with Gasteiger partial charge in [0.05, 0.1) is 18.9 Å². The molecule has 0 radical (unpaired) electrons. The molecule has 5 atom stereocenters. The number of nitrogens with zero attached hydrogens (tertiary/aromatic N) is 1. The number of amides is 2. The molecule has 1 N–H and O–H groups in total. The fraction of sp³-hybridized carbons (Fsp3) is 0.423. The Balaban J connectivity index is 1.76. The maximum atomic E-state index is 13.3. The molecule has 6 nitrogen and oxygen atoms in total. The topological polar surface area (TPSA) is 75.7 Å². The van der Waals surface area contributed by atoms with Crippen LogP contribution in [0.5, 0.6) is 0 Å². The van der Waals surface area contributed by atoms with Crippen LogP contribution in [-0.4, -0.2) is 47.6 Å². The Morgan fingerprint density at radius 2 is 1.79 bits per heavy atom. The van der Waals surface area contributed by atoms with Gasteiger partial charge in [-0.25, -0.2) is 0 Å². The number of carbonyl (C=O) groups excluding carboxylic acids is 3. The second kappa shape index (κ2) is 9.31. The van der Waals surface area contributed by atoms with Gasteiger partial charge in [0.1, 0.15) is 5.54 Å². The Morgan fingerprint density at radius 3 is 2.39 bits per heavy atom. The third-order valence-corrected chi connectivity index (χ3v) is 8.18. The van der Waals surface area contributed by atoms with Crippen LogP contribution in [0.2, 0.25) is 0 Å². The number of carbonyl (C=O) groups is 3. The number of rotatable bonds is 7. The van der Waals surface area contributed by atoms with Gasteiger partial charge < -0.3 is 4.74 Å². The van der Waals surface area contributed by atoms with Crippen LogP contribution >= 0.6 is 11.8 Å². The fourth-order valence-electron chi connectivity index (χ4n) is 5.03. The average molecular weight is 467 g/mol. The van der Waals surface area contributed by atoms with Crippen molar-refractivity contribution < 1.29 is 19.1 Å². The third kappa shape index (κ3) is 4.08. The zero-order chi connectivity index (χ0) is 23.8. The first kappa shape index (κ1) is 23.5. The predicted molar refractivity (Wildman–Crippen MR) is 128 cm³/mol. The van der Waals surface area contributed by atoms with Gasteiger partial charge in [-0.3, -0.25) is 24.6 Å². The SMILES string of the molecule is CCC(C)Sc1ccc(C2N[C@@](Cc3ccccc3)(C(=O)OC)C3C(=O)N(C)C(=O)C23)cc1. The Labute approximate surface area is 199 Å². The number of esters is 1. The molecule has 2 aromatic rings. The molecule has 4 unspecified atom stereocenters. The summed E-state index contributed by atoms with van der Waals surface area (Å²) in [5, 5.41) is 3.93. The molecule has 174 valence electrons. The first-order valence-corrected chi connectivity index (χ1v) is 12.2. The molecule has 33 heavy (non-hydrogen) atoms. The minimum atomic E-state index is -1.33. The maximum Gasteiger partial charge on any atom is 0.327 e. The molecule has 0 aromatic heterocycles. The summed E-state index contributed by atoms with van der Waals surface area (Å²) in [7, 11) is 2.82. The molecular formula is C26H30N2O4S. The Kier molecular flexibility index (Phi) is 6.64. The van der Waals surface area contributed by atoms with Crippen molar-refractivity contribution in [1.82, 2.24) is 10.2 Å². The number of likely N-dealkylation sites (tertiary alicyclic amines) is 1. The van der Waals surface area contributed by atoms with E-state index in [2.05, 4.69) is 19.2 Å². The van der Waals surface area contributed by atoms with E-state index in [0.29, 0.717) is 5.25 Å². The summed E-state index contributed by atoms with van der Waals surface area (Å²) in [6, 6.07) is 17.1. The third-order valence-electron chi connectivity index (χ3n) is 6.90. The number of hydrogen-bond acceptors (Lipinski definition) is 6. The van der Waals surface area contributed by atoms with Gasteiger partial charge in [-0.15, -0.1) is 11.8 Å². The van der Waals surface area contributed by atoms with Crippen LogP contribution in [0.4, 0.5) is 0 Å². The van der Waals surface area contributed by atoms with Crippen LogP contribution in [0.15, 0.2) is 59.5 Å². The summed E-state index contributed by atoms with van der Waals surface area (Å²) < 4.78 is 5.21. The van der Waals surface area contributed by atoms with Crippen molar-refractivity contribution in [3.05, 3.63) is 65.7 Å². The molecule has 4 rings (SSSR count). The van der Waals surface area contributed by atoms with Crippen LogP contribution in [0.1, 0.15) is 37.4 Å². The van der Waals surface area contributed by atoms with Crippen LogP contribution in [0.3, 0.4) is 0 Å². The van der Waals surface area contributed by atoms with E-state index in [1.54, 1.807) is 11.8 Å². The maximum absolute atomic E-state index is 13.3. The van der Waals surface area contributed by atoms with Crippen molar-refractivity contribution >= 4 is 29.5 Å². The van der Waals surface area contributed by atoms with Crippen LogP contribution in [-0.2, 0) is 25.5 Å². The lowest BCUT2D eigenvalue weighted by molar-refractivity contribution is -0.153. The molecule has 0 spiro atoms. The highest BCUT2D eigenvalue weighted by Crippen LogP contribution is 2.50. The van der Waals surface area contributed by atoms with Crippen LogP contribution in [0, 0.1) is 11.8 Å². The first-order valence-electron chi connectivity index (χ1n) is 11.3. The smallest absolute Gasteiger partial charge is 0.327 e. The van der Waals surface area contributed by atoms with Crippen molar-refractivity contribution in [1.29, 1.82) is 0 Å². The van der Waals surface area contributed by atoms with Gasteiger partial charge in [0.25, 0.3) is 0 Å². The molecule has 2 amide bonds. The highest BCUT2D eigenvalue weighted by Gasteiger charge is 2.68. The van der Waals surface area contributed by atoms with E-state index in [-0.39, 0.29) is 18.2 Å². The molecule has 2 aromatic carbocycles. The zero-order valence-corrected chi connectivity index (χ0v) is 20.2. The molecule has 2 heterocycles. The number of nitrogens with one attached hydrogen (secondary N) is 1. The number of fused-ring (bicyclic) bond motifs is 1. The van der Waals surface area contributed by atoms with E-state index in [9.17, 15) is 14.4 Å². The van der Waals surface area contributed by atoms with Gasteiger partial charge in [0.2, 0.25) is 11.8 Å². The van der Waals surface area contributed by atoms with E-state index in [0.717, 1.165) is 22.4 Å². The number of hydrogen-bond donors (Lipinski definition) is 1. The monoisotopic (exact) mass is 466 g/mol. The van der Waals surface area contributed by atoms with E-state index in [4.69, 9.17) is 4.74 Å². The second-order valence-corrected chi connectivity index (χ2v) is 10.4. The van der Waals surface area contributed by atoms with Gasteiger partial charge in [-0.1, -0.05) is 56.3 Å². The molecule has 7 heteroatoms. The largest absolute Gasteiger partial charge is 0.468 e. The summed E-state index contributed by atoms with van der Waals surface area (Å²) in [6.07, 6.45) is 1.33. The lowest BCUT2D eigenvalue weighted by atomic mass is 9.76. The number of imide groups is 1. The van der Waals surface area contributed by atoms with Crippen molar-refractivity contribution in [3.8, 4) is 0 Å². The highest BCUT2D eigenvalue weighted by atomic mass is 32.2. The first-order chi connectivity index (χ1) is 15.8. The Hall–Kier alpha value is -2.64. The number of benzene rings is 2. The molecule has 0 bridgehead atoms. The van der Waals surface area contributed by atoms with E-state index in [1.807, 2.05) is 54.6 Å². The van der Waals surface area contributed by atoms with Gasteiger partial charge in [-0.2, -0.15) is 0 Å². The molecule has 0 saturated carbocycles. The lowest BCUT2D eigenvalue weighted by Gasteiger charge is -2.32. The number of ether oxygens (including phenoxy) is 1. The fourth-order valence-corrected chi connectivity index (χ4v) is 5.95. The summed E-state index contributed by atoms with van der Waals surface area (Å²) in [4.78, 5) is 42.0. The minimum absolute atomic E-state index is 0.257. The van der Waals surface area contributed by atoms with E-state index >= 15 is 0 Å². The van der Waals surface area contributed by atoms with Gasteiger partial charge >= 0.3 is 5.97 Å². The normalized spacial score (nSPS) is 27.5. The molecular weight excluding hydrogens is 436 g/mol. The van der Waals surface area contributed by atoms with Crippen molar-refractivity contribution in [2.75, 3.05) is 14.2 Å². The summed E-state index contributed by atoms with van der Waals surface area (Å²) in [5.41, 5.74) is 0.450. The number of thioether (sulfide) groups is 1. The standard InChI is InChI=1S/C26H30N2O4S/c1-5-16(2)33-19-13-11-18(12-14-19)22-20-21(24(30)28(3)23(20)29)26(27-22,25(31)32-4)15-17-9-7-6-8-10-17/h6-14,16,20-22,27H,5,15H2,1-4H3/t16?,20?,21?,22?,26-/m1/s1. The quantitative estimate of drug-likeness (QED) is 0.382. The average Bonchev–Trinajstić information content (AvgIpc) is 3.29. The number of methoxy groups -OCH3 is 1. The minimum Gasteiger partial charge on any atom is -0.468 e. The van der Waals surface area contributed by atoms with E-state index < -0.39 is 29.4 Å². The second-order valence-electron chi connectivity index (χ2n) is 8.89. The zero-order valence-electron chi connectivity index (χ0n) is 19.4. The van der Waals surface area contributed by atoms with Gasteiger partial charge in [-0.05, 0) is 29.7 Å². The Morgan fingerprint density at radius 1 is 1.12 bits per heavy atom. The van der Waals surface area contributed by atoms with Gasteiger partial charge in [0.15, 0.2) is 0 Å². The summed E-state index contributed by atoms with van der Waals surface area (Å²) >= 11 is 1.80. The van der Waals surface area contributed by atoms with Crippen LogP contribution in [0.25, 0.3) is 0 Å².